The van der Waals surface area contributed by atoms with Crippen molar-refractivity contribution in [2.45, 2.75) is 26.3 Å². The van der Waals surface area contributed by atoms with E-state index in [1.807, 2.05) is 13.8 Å². The van der Waals surface area contributed by atoms with Gasteiger partial charge in [-0.05, 0) is 19.9 Å². The van der Waals surface area contributed by atoms with Gasteiger partial charge in [-0.25, -0.2) is 14.8 Å². The summed E-state index contributed by atoms with van der Waals surface area (Å²) in [6.45, 7) is 5.06. The van der Waals surface area contributed by atoms with Crippen molar-refractivity contribution in [3.05, 3.63) is 29.3 Å². The van der Waals surface area contributed by atoms with Crippen molar-refractivity contribution in [3.8, 4) is 0 Å². The van der Waals surface area contributed by atoms with Gasteiger partial charge in [0.2, 0.25) is 5.13 Å². The summed E-state index contributed by atoms with van der Waals surface area (Å²) in [5, 5.41) is 14.7. The van der Waals surface area contributed by atoms with E-state index >= 15 is 0 Å². The lowest BCUT2D eigenvalue weighted by Gasteiger charge is -2.12. The summed E-state index contributed by atoms with van der Waals surface area (Å²) in [5.41, 5.74) is 0.736. The number of ether oxygens (including phenoxy) is 1. The Kier molecular flexibility index (Phi) is 6.16. The molecular formula is C13H18N6O2S. The zero-order chi connectivity index (χ0) is 15.8. The molecule has 0 aliphatic heterocycles. The highest BCUT2D eigenvalue weighted by Crippen LogP contribution is 2.16. The Labute approximate surface area is 132 Å². The van der Waals surface area contributed by atoms with E-state index in [0.717, 1.165) is 10.7 Å². The van der Waals surface area contributed by atoms with Crippen LogP contribution in [0.4, 0.5) is 9.93 Å². The second-order valence-electron chi connectivity index (χ2n) is 4.40. The highest BCUT2D eigenvalue weighted by molar-refractivity contribution is 7.15. The lowest BCUT2D eigenvalue weighted by molar-refractivity contribution is 0.150. The molecule has 0 aliphatic carbocycles. The fourth-order valence-corrected chi connectivity index (χ4v) is 2.39. The van der Waals surface area contributed by atoms with Gasteiger partial charge in [0, 0.05) is 19.2 Å². The Hall–Kier alpha value is -2.13. The molecule has 2 aromatic rings. The van der Waals surface area contributed by atoms with Crippen molar-refractivity contribution in [3.63, 3.8) is 0 Å². The van der Waals surface area contributed by atoms with E-state index in [-0.39, 0.29) is 12.1 Å². The van der Waals surface area contributed by atoms with Crippen LogP contribution < -0.4 is 10.6 Å². The molecule has 0 saturated carbocycles. The molecule has 0 aliphatic rings. The van der Waals surface area contributed by atoms with Crippen LogP contribution in [-0.2, 0) is 11.2 Å². The Morgan fingerprint density at radius 2 is 2.32 bits per heavy atom. The van der Waals surface area contributed by atoms with Crippen LogP contribution >= 0.6 is 11.3 Å². The largest absolute Gasteiger partial charge is 0.381 e. The standard InChI is InChI=1S/C13H18N6O2S/c1-3-21-7-5-11-18-19-13(22-11)17-12(20)16-9(2)10-4-6-14-8-15-10/h4,6,8-9H,3,5,7H2,1-2H3,(H2,16,17,19,20)/t9-/m0/s1. The van der Waals surface area contributed by atoms with Crippen LogP contribution in [0.3, 0.4) is 0 Å². The SMILES string of the molecule is CCOCCc1nnc(NC(=O)N[C@@H](C)c2ccncn2)s1. The van der Waals surface area contributed by atoms with Crippen molar-refractivity contribution in [2.75, 3.05) is 18.5 Å². The van der Waals surface area contributed by atoms with Crippen LogP contribution in [0.15, 0.2) is 18.6 Å². The molecule has 2 heterocycles. The second kappa shape index (κ2) is 8.35. The van der Waals surface area contributed by atoms with Crippen LogP contribution in [0, 0.1) is 0 Å². The monoisotopic (exact) mass is 322 g/mol. The van der Waals surface area contributed by atoms with Gasteiger partial charge in [-0.3, -0.25) is 5.32 Å². The van der Waals surface area contributed by atoms with Gasteiger partial charge in [0.15, 0.2) is 0 Å². The van der Waals surface area contributed by atoms with Crippen molar-refractivity contribution >= 4 is 22.5 Å². The molecule has 0 saturated heterocycles. The molecule has 9 heteroatoms. The second-order valence-corrected chi connectivity index (χ2v) is 5.46. The number of hydrogen-bond donors (Lipinski definition) is 2. The van der Waals surface area contributed by atoms with Crippen molar-refractivity contribution in [2.24, 2.45) is 0 Å². The van der Waals surface area contributed by atoms with Crippen molar-refractivity contribution in [1.29, 1.82) is 0 Å². The highest BCUT2D eigenvalue weighted by Gasteiger charge is 2.12. The third-order valence-corrected chi connectivity index (χ3v) is 3.65. The van der Waals surface area contributed by atoms with E-state index < -0.39 is 0 Å². The van der Waals surface area contributed by atoms with Crippen molar-refractivity contribution in [1.82, 2.24) is 25.5 Å². The molecule has 2 N–H and O–H groups in total. The van der Waals surface area contributed by atoms with E-state index in [0.29, 0.717) is 24.8 Å². The smallest absolute Gasteiger partial charge is 0.321 e. The average Bonchev–Trinajstić information content (AvgIpc) is 2.95. The number of rotatable bonds is 7. The van der Waals surface area contributed by atoms with Crippen LogP contribution in [0.2, 0.25) is 0 Å². The third kappa shape index (κ3) is 5.01. The van der Waals surface area contributed by atoms with Gasteiger partial charge >= 0.3 is 6.03 Å². The third-order valence-electron chi connectivity index (χ3n) is 2.75. The summed E-state index contributed by atoms with van der Waals surface area (Å²) in [6, 6.07) is 1.17. The van der Waals surface area contributed by atoms with Crippen molar-refractivity contribution < 1.29 is 9.53 Å². The summed E-state index contributed by atoms with van der Waals surface area (Å²) >= 11 is 1.33. The van der Waals surface area contributed by atoms with E-state index in [1.54, 1.807) is 12.3 Å². The summed E-state index contributed by atoms with van der Waals surface area (Å²) < 4.78 is 5.26. The lowest BCUT2D eigenvalue weighted by Crippen LogP contribution is -2.31. The maximum atomic E-state index is 11.9. The number of amides is 2. The molecule has 22 heavy (non-hydrogen) atoms. The number of anilines is 1. The number of nitrogens with zero attached hydrogens (tertiary/aromatic N) is 4. The molecule has 0 bridgehead atoms. The first-order valence-corrected chi connectivity index (χ1v) is 7.74. The normalized spacial score (nSPS) is 11.9. The van der Waals surface area contributed by atoms with Crippen LogP contribution in [0.5, 0.6) is 0 Å². The zero-order valence-electron chi connectivity index (χ0n) is 12.4. The van der Waals surface area contributed by atoms with E-state index in [4.69, 9.17) is 4.74 Å². The number of urea groups is 1. The fourth-order valence-electron chi connectivity index (χ4n) is 1.67. The molecule has 0 spiro atoms. The predicted octanol–water partition coefficient (Wildman–Crippen LogP) is 1.79. The van der Waals surface area contributed by atoms with Crippen LogP contribution in [0.25, 0.3) is 0 Å². The van der Waals surface area contributed by atoms with Gasteiger partial charge in [0.05, 0.1) is 18.3 Å². The number of nitrogens with one attached hydrogen (secondary N) is 2. The quantitative estimate of drug-likeness (QED) is 0.754. The number of carbonyl (C=O) groups excluding carboxylic acids is 1. The van der Waals surface area contributed by atoms with Gasteiger partial charge in [-0.15, -0.1) is 10.2 Å². The molecule has 2 rings (SSSR count). The molecular weight excluding hydrogens is 304 g/mol. The minimum absolute atomic E-state index is 0.228. The van der Waals surface area contributed by atoms with Crippen LogP contribution in [-0.4, -0.2) is 39.4 Å². The van der Waals surface area contributed by atoms with Gasteiger partial charge in [0.1, 0.15) is 11.3 Å². The lowest BCUT2D eigenvalue weighted by atomic mass is 10.2. The van der Waals surface area contributed by atoms with Crippen LogP contribution in [0.1, 0.15) is 30.6 Å². The molecule has 0 radical (unpaired) electrons. The predicted molar refractivity (Wildman–Crippen MR) is 82.7 cm³/mol. The average molecular weight is 322 g/mol. The Morgan fingerprint density at radius 1 is 1.45 bits per heavy atom. The zero-order valence-corrected chi connectivity index (χ0v) is 13.3. The molecule has 118 valence electrons. The minimum Gasteiger partial charge on any atom is -0.381 e. The molecule has 1 atom stereocenters. The number of hydrogen-bond acceptors (Lipinski definition) is 7. The maximum Gasteiger partial charge on any atom is 0.321 e. The molecule has 0 aromatic carbocycles. The van der Waals surface area contributed by atoms with Gasteiger partial charge < -0.3 is 10.1 Å². The van der Waals surface area contributed by atoms with E-state index in [2.05, 4.69) is 30.8 Å². The summed E-state index contributed by atoms with van der Waals surface area (Å²) in [7, 11) is 0. The first kappa shape index (κ1) is 16.2. The van der Waals surface area contributed by atoms with Gasteiger partial charge in [-0.2, -0.15) is 0 Å². The number of aromatic nitrogens is 4. The fraction of sp³-hybridized carbons (Fsp3) is 0.462. The Bertz CT molecular complexity index is 591. The molecule has 0 unspecified atom stereocenters. The number of carbonyl (C=O) groups is 1. The summed E-state index contributed by atoms with van der Waals surface area (Å²) in [4.78, 5) is 19.8. The van der Waals surface area contributed by atoms with Gasteiger partial charge in [-0.1, -0.05) is 11.3 Å². The minimum atomic E-state index is -0.348. The summed E-state index contributed by atoms with van der Waals surface area (Å²) in [5.74, 6) is 0. The Balaban J connectivity index is 1.82. The van der Waals surface area contributed by atoms with E-state index in [1.165, 1.54) is 17.7 Å². The van der Waals surface area contributed by atoms with E-state index in [9.17, 15) is 4.79 Å². The summed E-state index contributed by atoms with van der Waals surface area (Å²) in [6.07, 6.45) is 3.76. The molecule has 0 fully saturated rings. The first-order valence-electron chi connectivity index (χ1n) is 6.92. The first-order chi connectivity index (χ1) is 10.7. The molecule has 2 aromatic heterocycles. The maximum absolute atomic E-state index is 11.9. The molecule has 8 nitrogen and oxygen atoms in total. The molecule has 2 amide bonds. The Morgan fingerprint density at radius 3 is 3.05 bits per heavy atom. The van der Waals surface area contributed by atoms with Gasteiger partial charge in [0.25, 0.3) is 0 Å². The highest BCUT2D eigenvalue weighted by atomic mass is 32.1. The topological polar surface area (TPSA) is 102 Å².